The van der Waals surface area contributed by atoms with E-state index in [-0.39, 0.29) is 6.42 Å². The standard InChI is InChI=1S/C11H15NO3S/c1-7-11(8-3-2-4-15-6-8)12-9(16-7)5-10(13)14/h8H,2-6H2,1H3,(H,13,14). The van der Waals surface area contributed by atoms with Gasteiger partial charge in [0.1, 0.15) is 5.01 Å². The first-order chi connectivity index (χ1) is 7.66. The van der Waals surface area contributed by atoms with E-state index in [4.69, 9.17) is 9.84 Å². The summed E-state index contributed by atoms with van der Waals surface area (Å²) < 4.78 is 5.43. The van der Waals surface area contributed by atoms with Crippen LogP contribution in [0, 0.1) is 6.92 Å². The highest BCUT2D eigenvalue weighted by Crippen LogP contribution is 2.30. The van der Waals surface area contributed by atoms with Crippen LogP contribution in [-0.2, 0) is 16.0 Å². The Morgan fingerprint density at radius 3 is 3.12 bits per heavy atom. The first kappa shape index (κ1) is 11.5. The van der Waals surface area contributed by atoms with Gasteiger partial charge in [-0.25, -0.2) is 4.98 Å². The number of aryl methyl sites for hydroxylation is 1. The highest BCUT2D eigenvalue weighted by molar-refractivity contribution is 7.11. The van der Waals surface area contributed by atoms with Gasteiger partial charge >= 0.3 is 5.97 Å². The lowest BCUT2D eigenvalue weighted by molar-refractivity contribution is -0.136. The molecule has 1 aromatic heterocycles. The van der Waals surface area contributed by atoms with Gasteiger partial charge in [-0.2, -0.15) is 0 Å². The number of carbonyl (C=O) groups is 1. The minimum absolute atomic E-state index is 0.0269. The molecule has 1 aromatic rings. The van der Waals surface area contributed by atoms with Crippen molar-refractivity contribution < 1.29 is 14.6 Å². The van der Waals surface area contributed by atoms with Crippen LogP contribution in [0.25, 0.3) is 0 Å². The summed E-state index contributed by atoms with van der Waals surface area (Å²) in [5, 5.41) is 9.42. The zero-order chi connectivity index (χ0) is 11.5. The summed E-state index contributed by atoms with van der Waals surface area (Å²) in [6.07, 6.45) is 2.19. The second-order valence-corrected chi connectivity index (χ2v) is 5.32. The summed E-state index contributed by atoms with van der Waals surface area (Å²) in [6, 6.07) is 0. The fourth-order valence-corrected chi connectivity index (χ4v) is 3.01. The maximum atomic E-state index is 10.6. The molecule has 88 valence electrons. The average molecular weight is 241 g/mol. The molecule has 0 bridgehead atoms. The van der Waals surface area contributed by atoms with E-state index in [1.807, 2.05) is 6.92 Å². The van der Waals surface area contributed by atoms with Crippen LogP contribution in [0.2, 0.25) is 0 Å². The van der Waals surface area contributed by atoms with E-state index in [1.165, 1.54) is 11.3 Å². The van der Waals surface area contributed by atoms with Crippen LogP contribution in [0.3, 0.4) is 0 Å². The van der Waals surface area contributed by atoms with Gasteiger partial charge in [0.2, 0.25) is 0 Å². The maximum absolute atomic E-state index is 10.6. The number of nitrogens with zero attached hydrogens (tertiary/aromatic N) is 1. The van der Waals surface area contributed by atoms with Gasteiger partial charge in [0, 0.05) is 17.4 Å². The summed E-state index contributed by atoms with van der Waals surface area (Å²) in [4.78, 5) is 16.2. The Hall–Kier alpha value is -0.940. The lowest BCUT2D eigenvalue weighted by Gasteiger charge is -2.20. The molecular weight excluding hydrogens is 226 g/mol. The minimum Gasteiger partial charge on any atom is -0.481 e. The summed E-state index contributed by atoms with van der Waals surface area (Å²) >= 11 is 1.49. The Kier molecular flexibility index (Phi) is 3.56. The minimum atomic E-state index is -0.819. The average Bonchev–Trinajstić information content (AvgIpc) is 2.60. The molecule has 1 N–H and O–H groups in total. The SMILES string of the molecule is Cc1sc(CC(=O)O)nc1C1CCCOC1. The van der Waals surface area contributed by atoms with Gasteiger partial charge in [-0.05, 0) is 19.8 Å². The molecule has 2 rings (SSSR count). The number of carboxylic acids is 1. The van der Waals surface area contributed by atoms with Crippen molar-refractivity contribution in [3.63, 3.8) is 0 Å². The normalized spacial score (nSPS) is 20.9. The highest BCUT2D eigenvalue weighted by atomic mass is 32.1. The fourth-order valence-electron chi connectivity index (χ4n) is 2.00. The Labute approximate surface area is 98.3 Å². The quantitative estimate of drug-likeness (QED) is 0.879. The maximum Gasteiger partial charge on any atom is 0.310 e. The predicted octanol–water partition coefficient (Wildman–Crippen LogP) is 1.97. The van der Waals surface area contributed by atoms with Gasteiger partial charge in [0.05, 0.1) is 18.7 Å². The van der Waals surface area contributed by atoms with Crippen LogP contribution in [0.5, 0.6) is 0 Å². The molecule has 0 saturated carbocycles. The third-order valence-corrected chi connectivity index (χ3v) is 3.71. The van der Waals surface area contributed by atoms with E-state index in [1.54, 1.807) is 0 Å². The van der Waals surface area contributed by atoms with Crippen LogP contribution in [0.15, 0.2) is 0 Å². The van der Waals surface area contributed by atoms with Crippen LogP contribution < -0.4 is 0 Å². The Bertz CT molecular complexity index is 383. The van der Waals surface area contributed by atoms with E-state index in [2.05, 4.69) is 4.98 Å². The van der Waals surface area contributed by atoms with Crippen molar-refractivity contribution in [2.45, 2.75) is 32.1 Å². The summed E-state index contributed by atoms with van der Waals surface area (Å²) in [7, 11) is 0. The molecule has 1 aliphatic heterocycles. The van der Waals surface area contributed by atoms with Crippen molar-refractivity contribution in [2.75, 3.05) is 13.2 Å². The number of aromatic nitrogens is 1. The largest absolute Gasteiger partial charge is 0.481 e. The van der Waals surface area contributed by atoms with Gasteiger partial charge < -0.3 is 9.84 Å². The number of hydrogen-bond donors (Lipinski definition) is 1. The first-order valence-electron chi connectivity index (χ1n) is 5.42. The molecule has 0 aromatic carbocycles. The molecule has 16 heavy (non-hydrogen) atoms. The molecule has 0 aliphatic carbocycles. The van der Waals surface area contributed by atoms with Gasteiger partial charge in [-0.3, -0.25) is 4.79 Å². The van der Waals surface area contributed by atoms with Crippen molar-refractivity contribution in [1.29, 1.82) is 0 Å². The van der Waals surface area contributed by atoms with Gasteiger partial charge in [0.25, 0.3) is 0 Å². The predicted molar refractivity (Wildman–Crippen MR) is 61.0 cm³/mol. The Balaban J connectivity index is 2.13. The zero-order valence-electron chi connectivity index (χ0n) is 9.23. The lowest BCUT2D eigenvalue weighted by atomic mass is 9.98. The van der Waals surface area contributed by atoms with E-state index in [0.29, 0.717) is 10.9 Å². The number of rotatable bonds is 3. The number of ether oxygens (including phenoxy) is 1. The van der Waals surface area contributed by atoms with Crippen molar-refractivity contribution >= 4 is 17.3 Å². The molecule has 1 aliphatic rings. The van der Waals surface area contributed by atoms with Crippen molar-refractivity contribution in [1.82, 2.24) is 4.98 Å². The van der Waals surface area contributed by atoms with Crippen LogP contribution in [-0.4, -0.2) is 29.3 Å². The smallest absolute Gasteiger partial charge is 0.310 e. The fraction of sp³-hybridized carbons (Fsp3) is 0.636. The van der Waals surface area contributed by atoms with Crippen molar-refractivity contribution in [3.05, 3.63) is 15.6 Å². The molecule has 4 nitrogen and oxygen atoms in total. The monoisotopic (exact) mass is 241 g/mol. The van der Waals surface area contributed by atoms with E-state index in [0.717, 1.165) is 36.6 Å². The molecule has 2 heterocycles. The molecule has 5 heteroatoms. The third kappa shape index (κ3) is 2.59. The second kappa shape index (κ2) is 4.93. The molecule has 1 atom stereocenters. The van der Waals surface area contributed by atoms with Gasteiger partial charge in [-0.1, -0.05) is 0 Å². The van der Waals surface area contributed by atoms with Crippen LogP contribution in [0.4, 0.5) is 0 Å². The van der Waals surface area contributed by atoms with Gasteiger partial charge in [-0.15, -0.1) is 11.3 Å². The van der Waals surface area contributed by atoms with Gasteiger partial charge in [0.15, 0.2) is 0 Å². The molecular formula is C11H15NO3S. The summed E-state index contributed by atoms with van der Waals surface area (Å²) in [5.74, 6) is -0.465. The van der Waals surface area contributed by atoms with Crippen molar-refractivity contribution in [2.24, 2.45) is 0 Å². The molecule has 1 unspecified atom stereocenters. The Morgan fingerprint density at radius 1 is 1.69 bits per heavy atom. The summed E-state index contributed by atoms with van der Waals surface area (Å²) in [5.41, 5.74) is 1.04. The van der Waals surface area contributed by atoms with E-state index in [9.17, 15) is 4.79 Å². The number of thiazole rings is 1. The number of hydrogen-bond acceptors (Lipinski definition) is 4. The highest BCUT2D eigenvalue weighted by Gasteiger charge is 2.21. The van der Waals surface area contributed by atoms with Crippen LogP contribution >= 0.6 is 11.3 Å². The van der Waals surface area contributed by atoms with Crippen LogP contribution in [0.1, 0.15) is 34.3 Å². The number of carboxylic acid groups (broad SMARTS) is 1. The second-order valence-electron chi connectivity index (χ2n) is 4.03. The van der Waals surface area contributed by atoms with Crippen molar-refractivity contribution in [3.8, 4) is 0 Å². The topological polar surface area (TPSA) is 59.4 Å². The summed E-state index contributed by atoms with van der Waals surface area (Å²) in [6.45, 7) is 3.56. The zero-order valence-corrected chi connectivity index (χ0v) is 10.0. The molecule has 0 spiro atoms. The number of aliphatic carboxylic acids is 1. The molecule has 0 radical (unpaired) electrons. The molecule has 1 saturated heterocycles. The van der Waals surface area contributed by atoms with E-state index >= 15 is 0 Å². The third-order valence-electron chi connectivity index (χ3n) is 2.73. The Morgan fingerprint density at radius 2 is 2.50 bits per heavy atom. The first-order valence-corrected chi connectivity index (χ1v) is 6.24. The van der Waals surface area contributed by atoms with E-state index < -0.39 is 5.97 Å². The lowest BCUT2D eigenvalue weighted by Crippen LogP contribution is -2.16. The molecule has 1 fully saturated rings. The molecule has 0 amide bonds.